The standard InChI is InChI=1S/C15H21N3O2/c1-12(15-16-7-8-18(15)2)17-13-5-4-6-14(11-13)20-10-9-19-3/h4-8,11-12,17H,9-10H2,1-3H3. The molecular formula is C15H21N3O2. The van der Waals surface area contributed by atoms with Gasteiger partial charge < -0.3 is 19.4 Å². The lowest BCUT2D eigenvalue weighted by Gasteiger charge is -2.16. The first-order chi connectivity index (χ1) is 9.70. The lowest BCUT2D eigenvalue weighted by molar-refractivity contribution is 0.146. The average Bonchev–Trinajstić information content (AvgIpc) is 2.86. The highest BCUT2D eigenvalue weighted by Crippen LogP contribution is 2.21. The summed E-state index contributed by atoms with van der Waals surface area (Å²) in [5, 5.41) is 3.42. The monoisotopic (exact) mass is 275 g/mol. The number of nitrogens with one attached hydrogen (secondary N) is 1. The Morgan fingerprint density at radius 1 is 1.35 bits per heavy atom. The Bertz CT molecular complexity index is 539. The van der Waals surface area contributed by atoms with Crippen molar-refractivity contribution in [2.45, 2.75) is 13.0 Å². The molecule has 0 aliphatic carbocycles. The number of ether oxygens (including phenoxy) is 2. The van der Waals surface area contributed by atoms with Gasteiger partial charge in [-0.05, 0) is 19.1 Å². The number of aryl methyl sites for hydroxylation is 1. The van der Waals surface area contributed by atoms with Crippen LogP contribution in [0.3, 0.4) is 0 Å². The SMILES string of the molecule is COCCOc1cccc(NC(C)c2nccn2C)c1. The van der Waals surface area contributed by atoms with E-state index in [0.29, 0.717) is 13.2 Å². The molecule has 1 atom stereocenters. The zero-order valence-corrected chi connectivity index (χ0v) is 12.2. The maximum Gasteiger partial charge on any atom is 0.130 e. The van der Waals surface area contributed by atoms with Crippen LogP contribution in [-0.4, -0.2) is 29.9 Å². The topological polar surface area (TPSA) is 48.3 Å². The predicted molar refractivity (Wildman–Crippen MR) is 79.1 cm³/mol. The van der Waals surface area contributed by atoms with Crippen LogP contribution in [0.5, 0.6) is 5.75 Å². The second-order valence-corrected chi connectivity index (χ2v) is 4.63. The Hall–Kier alpha value is -2.01. The molecule has 0 aliphatic rings. The van der Waals surface area contributed by atoms with E-state index < -0.39 is 0 Å². The van der Waals surface area contributed by atoms with Gasteiger partial charge in [0.2, 0.25) is 0 Å². The maximum atomic E-state index is 5.60. The number of rotatable bonds is 7. The highest BCUT2D eigenvalue weighted by Gasteiger charge is 2.10. The number of nitrogens with zero attached hydrogens (tertiary/aromatic N) is 2. The van der Waals surface area contributed by atoms with E-state index in [2.05, 4.69) is 17.2 Å². The molecule has 0 saturated carbocycles. The number of imidazole rings is 1. The van der Waals surface area contributed by atoms with E-state index >= 15 is 0 Å². The molecule has 1 heterocycles. The molecule has 1 unspecified atom stereocenters. The van der Waals surface area contributed by atoms with Crippen molar-refractivity contribution < 1.29 is 9.47 Å². The van der Waals surface area contributed by atoms with Gasteiger partial charge in [0.25, 0.3) is 0 Å². The minimum atomic E-state index is 0.129. The molecule has 0 bridgehead atoms. The van der Waals surface area contributed by atoms with Gasteiger partial charge in [-0.2, -0.15) is 0 Å². The van der Waals surface area contributed by atoms with Crippen molar-refractivity contribution in [3.8, 4) is 5.75 Å². The number of hydrogen-bond acceptors (Lipinski definition) is 4. The lowest BCUT2D eigenvalue weighted by atomic mass is 10.2. The van der Waals surface area contributed by atoms with Gasteiger partial charge in [0, 0.05) is 38.3 Å². The first kappa shape index (κ1) is 14.4. The zero-order chi connectivity index (χ0) is 14.4. The number of methoxy groups -OCH3 is 1. The summed E-state index contributed by atoms with van der Waals surface area (Å²) in [5.74, 6) is 1.83. The van der Waals surface area contributed by atoms with Crippen LogP contribution in [0.25, 0.3) is 0 Å². The van der Waals surface area contributed by atoms with Crippen molar-refractivity contribution in [3.63, 3.8) is 0 Å². The molecule has 0 spiro atoms. The fourth-order valence-electron chi connectivity index (χ4n) is 2.03. The van der Waals surface area contributed by atoms with E-state index in [-0.39, 0.29) is 6.04 Å². The summed E-state index contributed by atoms with van der Waals surface area (Å²) in [4.78, 5) is 4.35. The van der Waals surface area contributed by atoms with E-state index in [1.807, 2.05) is 42.1 Å². The average molecular weight is 275 g/mol. The minimum Gasteiger partial charge on any atom is -0.491 e. The highest BCUT2D eigenvalue weighted by molar-refractivity contribution is 5.49. The van der Waals surface area contributed by atoms with Crippen LogP contribution in [0.15, 0.2) is 36.7 Å². The Morgan fingerprint density at radius 2 is 2.20 bits per heavy atom. The molecule has 1 aromatic carbocycles. The van der Waals surface area contributed by atoms with Crippen LogP contribution in [0.4, 0.5) is 5.69 Å². The normalized spacial score (nSPS) is 12.2. The summed E-state index contributed by atoms with van der Waals surface area (Å²) >= 11 is 0. The third-order valence-corrected chi connectivity index (χ3v) is 3.02. The molecule has 5 nitrogen and oxygen atoms in total. The maximum absolute atomic E-state index is 5.60. The second-order valence-electron chi connectivity index (χ2n) is 4.63. The molecule has 0 amide bonds. The molecule has 0 saturated heterocycles. The Kier molecular flexibility index (Phi) is 5.01. The molecule has 2 aromatic rings. The van der Waals surface area contributed by atoms with Crippen LogP contribution < -0.4 is 10.1 Å². The fraction of sp³-hybridized carbons (Fsp3) is 0.400. The molecule has 0 aliphatic heterocycles. The zero-order valence-electron chi connectivity index (χ0n) is 12.2. The molecule has 2 rings (SSSR count). The molecule has 0 fully saturated rings. The van der Waals surface area contributed by atoms with Crippen molar-refractivity contribution in [1.82, 2.24) is 9.55 Å². The molecule has 1 aromatic heterocycles. The van der Waals surface area contributed by atoms with Crippen LogP contribution >= 0.6 is 0 Å². The molecule has 1 N–H and O–H groups in total. The summed E-state index contributed by atoms with van der Waals surface area (Å²) in [7, 11) is 3.65. The van der Waals surface area contributed by atoms with Crippen molar-refractivity contribution in [1.29, 1.82) is 0 Å². The lowest BCUT2D eigenvalue weighted by Crippen LogP contribution is -2.12. The number of hydrogen-bond donors (Lipinski definition) is 1. The molecule has 5 heteroatoms. The van der Waals surface area contributed by atoms with E-state index in [9.17, 15) is 0 Å². The first-order valence-corrected chi connectivity index (χ1v) is 6.66. The Balaban J connectivity index is 1.99. The largest absolute Gasteiger partial charge is 0.491 e. The predicted octanol–water partition coefficient (Wildman–Crippen LogP) is 2.62. The van der Waals surface area contributed by atoms with Gasteiger partial charge in [-0.25, -0.2) is 4.98 Å². The Labute approximate surface area is 119 Å². The van der Waals surface area contributed by atoms with E-state index in [1.165, 1.54) is 0 Å². The minimum absolute atomic E-state index is 0.129. The summed E-state index contributed by atoms with van der Waals surface area (Å²) in [6.45, 7) is 3.22. The van der Waals surface area contributed by atoms with Gasteiger partial charge in [0.15, 0.2) is 0 Å². The highest BCUT2D eigenvalue weighted by atomic mass is 16.5. The number of benzene rings is 1. The first-order valence-electron chi connectivity index (χ1n) is 6.66. The van der Waals surface area contributed by atoms with E-state index in [1.54, 1.807) is 13.3 Å². The smallest absolute Gasteiger partial charge is 0.130 e. The van der Waals surface area contributed by atoms with Gasteiger partial charge in [-0.3, -0.25) is 0 Å². The third-order valence-electron chi connectivity index (χ3n) is 3.02. The Morgan fingerprint density at radius 3 is 2.90 bits per heavy atom. The van der Waals surface area contributed by atoms with Crippen LogP contribution in [-0.2, 0) is 11.8 Å². The number of aromatic nitrogens is 2. The van der Waals surface area contributed by atoms with Crippen molar-refractivity contribution in [2.75, 3.05) is 25.6 Å². The fourth-order valence-corrected chi connectivity index (χ4v) is 2.03. The van der Waals surface area contributed by atoms with Gasteiger partial charge in [-0.15, -0.1) is 0 Å². The third kappa shape index (κ3) is 3.74. The van der Waals surface area contributed by atoms with E-state index in [4.69, 9.17) is 9.47 Å². The van der Waals surface area contributed by atoms with Crippen molar-refractivity contribution in [2.24, 2.45) is 7.05 Å². The molecule has 20 heavy (non-hydrogen) atoms. The summed E-state index contributed by atoms with van der Waals surface area (Å²) in [5.41, 5.74) is 1.01. The number of anilines is 1. The van der Waals surface area contributed by atoms with Crippen LogP contribution in [0.2, 0.25) is 0 Å². The van der Waals surface area contributed by atoms with Gasteiger partial charge in [0.05, 0.1) is 12.6 Å². The molecular weight excluding hydrogens is 254 g/mol. The summed E-state index contributed by atoms with van der Waals surface area (Å²) in [6, 6.07) is 8.03. The van der Waals surface area contributed by atoms with Gasteiger partial charge in [-0.1, -0.05) is 6.07 Å². The van der Waals surface area contributed by atoms with Gasteiger partial charge in [0.1, 0.15) is 18.2 Å². The van der Waals surface area contributed by atoms with E-state index in [0.717, 1.165) is 17.3 Å². The van der Waals surface area contributed by atoms with Gasteiger partial charge >= 0.3 is 0 Å². The van der Waals surface area contributed by atoms with Crippen LogP contribution in [0.1, 0.15) is 18.8 Å². The second kappa shape index (κ2) is 6.96. The molecule has 108 valence electrons. The van der Waals surface area contributed by atoms with Crippen molar-refractivity contribution >= 4 is 5.69 Å². The summed E-state index contributed by atoms with van der Waals surface area (Å²) < 4.78 is 12.6. The molecule has 0 radical (unpaired) electrons. The quantitative estimate of drug-likeness (QED) is 0.789. The van der Waals surface area contributed by atoms with Crippen LogP contribution in [0, 0.1) is 0 Å². The summed E-state index contributed by atoms with van der Waals surface area (Å²) in [6.07, 6.45) is 3.75. The van der Waals surface area contributed by atoms with Crippen molar-refractivity contribution in [3.05, 3.63) is 42.5 Å².